The lowest BCUT2D eigenvalue weighted by atomic mass is 9.88. The molecule has 2 heterocycles. The zero-order valence-electron chi connectivity index (χ0n) is 16.5. The number of benzene rings is 1. The number of likely N-dealkylation sites (N-methyl/N-ethyl adjacent to an activating group) is 1. The number of allylic oxidation sites excluding steroid dienone is 1. The van der Waals surface area contributed by atoms with E-state index in [1.165, 1.54) is 31.6 Å². The number of hydrogen-bond acceptors (Lipinski definition) is 7. The molecule has 29 heavy (non-hydrogen) atoms. The number of methoxy groups -OCH3 is 2. The monoisotopic (exact) mass is 481 g/mol. The SMILES string of the molecule is COc1cc(OC)c(C2CCN(C)C2CO)c(O)c1C(=O)/C=C/c1cc(Br)cs1. The number of thiophene rings is 1. The highest BCUT2D eigenvalue weighted by Gasteiger charge is 2.37. The summed E-state index contributed by atoms with van der Waals surface area (Å²) in [5.74, 6) is 0.0223. The predicted molar refractivity (Wildman–Crippen MR) is 117 cm³/mol. The number of nitrogens with zero attached hydrogens (tertiary/aromatic N) is 1. The Morgan fingerprint density at radius 3 is 2.66 bits per heavy atom. The molecule has 0 aliphatic carbocycles. The fourth-order valence-electron chi connectivity index (χ4n) is 3.83. The quantitative estimate of drug-likeness (QED) is 0.460. The van der Waals surface area contributed by atoms with Gasteiger partial charge in [-0.25, -0.2) is 0 Å². The smallest absolute Gasteiger partial charge is 0.193 e. The summed E-state index contributed by atoms with van der Waals surface area (Å²) in [5.41, 5.74) is 0.633. The molecule has 0 saturated carbocycles. The second kappa shape index (κ2) is 9.30. The Hall–Kier alpha value is -1.87. The van der Waals surface area contributed by atoms with Gasteiger partial charge in [0.25, 0.3) is 0 Å². The summed E-state index contributed by atoms with van der Waals surface area (Å²) in [6.45, 7) is 0.729. The summed E-state index contributed by atoms with van der Waals surface area (Å²) >= 11 is 4.89. The molecule has 0 radical (unpaired) electrons. The van der Waals surface area contributed by atoms with Gasteiger partial charge in [0.1, 0.15) is 22.8 Å². The van der Waals surface area contributed by atoms with E-state index in [2.05, 4.69) is 15.9 Å². The van der Waals surface area contributed by atoms with Gasteiger partial charge in [0.15, 0.2) is 5.78 Å². The second-order valence-corrected chi connectivity index (χ2v) is 8.77. The Bertz CT molecular complexity index is 926. The molecule has 1 aromatic carbocycles. The molecule has 1 aliphatic rings. The van der Waals surface area contributed by atoms with Crippen molar-refractivity contribution in [3.05, 3.63) is 44.1 Å². The first-order valence-corrected chi connectivity index (χ1v) is 10.8. The fourth-order valence-corrected chi connectivity index (χ4v) is 5.17. The molecule has 1 fully saturated rings. The summed E-state index contributed by atoms with van der Waals surface area (Å²) in [7, 11) is 4.90. The second-order valence-electron chi connectivity index (χ2n) is 6.91. The summed E-state index contributed by atoms with van der Waals surface area (Å²) in [6, 6.07) is 3.38. The average molecular weight is 482 g/mol. The van der Waals surface area contributed by atoms with Crippen LogP contribution in [-0.2, 0) is 0 Å². The molecule has 156 valence electrons. The number of aliphatic hydroxyl groups is 1. The van der Waals surface area contributed by atoms with Crippen molar-refractivity contribution in [3.63, 3.8) is 0 Å². The van der Waals surface area contributed by atoms with Crippen molar-refractivity contribution < 1.29 is 24.5 Å². The fraction of sp³-hybridized carbons (Fsp3) is 0.381. The molecule has 0 amide bonds. The minimum Gasteiger partial charge on any atom is -0.507 e. The number of likely N-dealkylation sites (tertiary alicyclic amines) is 1. The molecule has 3 rings (SSSR count). The van der Waals surface area contributed by atoms with Crippen LogP contribution in [0.1, 0.15) is 33.1 Å². The van der Waals surface area contributed by atoms with Crippen molar-refractivity contribution in [2.45, 2.75) is 18.4 Å². The Labute approximate surface area is 182 Å². The average Bonchev–Trinajstić information content (AvgIpc) is 3.29. The van der Waals surface area contributed by atoms with Crippen molar-refractivity contribution in [1.82, 2.24) is 4.90 Å². The minimum atomic E-state index is -0.361. The zero-order chi connectivity index (χ0) is 21.1. The molecular weight excluding hydrogens is 458 g/mol. The number of aliphatic hydroxyl groups excluding tert-OH is 1. The van der Waals surface area contributed by atoms with Gasteiger partial charge in [-0.3, -0.25) is 4.79 Å². The Morgan fingerprint density at radius 1 is 1.34 bits per heavy atom. The highest BCUT2D eigenvalue weighted by Crippen LogP contribution is 2.47. The van der Waals surface area contributed by atoms with Gasteiger partial charge in [-0.05, 0) is 54.2 Å². The van der Waals surface area contributed by atoms with Gasteiger partial charge >= 0.3 is 0 Å². The number of hydrogen-bond donors (Lipinski definition) is 2. The van der Waals surface area contributed by atoms with Gasteiger partial charge in [-0.15, -0.1) is 11.3 Å². The first kappa shape index (κ1) is 21.8. The van der Waals surface area contributed by atoms with Gasteiger partial charge in [0.2, 0.25) is 0 Å². The normalized spacial score (nSPS) is 19.8. The van der Waals surface area contributed by atoms with Gasteiger partial charge in [0.05, 0.1) is 20.8 Å². The number of ketones is 1. The van der Waals surface area contributed by atoms with Crippen molar-refractivity contribution in [2.75, 3.05) is 34.4 Å². The van der Waals surface area contributed by atoms with E-state index < -0.39 is 0 Å². The molecule has 6 nitrogen and oxygen atoms in total. The Morgan fingerprint density at radius 2 is 2.07 bits per heavy atom. The highest BCUT2D eigenvalue weighted by molar-refractivity contribution is 9.10. The maximum atomic E-state index is 13.0. The van der Waals surface area contributed by atoms with E-state index in [0.29, 0.717) is 11.3 Å². The predicted octanol–water partition coefficient (Wildman–Crippen LogP) is 3.91. The van der Waals surface area contributed by atoms with E-state index in [4.69, 9.17) is 9.47 Å². The van der Waals surface area contributed by atoms with Crippen molar-refractivity contribution in [2.24, 2.45) is 0 Å². The summed E-state index contributed by atoms with van der Waals surface area (Å²) < 4.78 is 11.8. The lowest BCUT2D eigenvalue weighted by molar-refractivity contribution is 0.104. The topological polar surface area (TPSA) is 79.2 Å². The summed E-state index contributed by atoms with van der Waals surface area (Å²) in [6.07, 6.45) is 3.88. The van der Waals surface area contributed by atoms with Crippen LogP contribution in [0.4, 0.5) is 0 Å². The van der Waals surface area contributed by atoms with Crippen LogP contribution in [0.25, 0.3) is 6.08 Å². The minimum absolute atomic E-state index is 0.0494. The number of phenols is 1. The lowest BCUT2D eigenvalue weighted by Gasteiger charge is -2.26. The molecule has 8 heteroatoms. The van der Waals surface area contributed by atoms with Crippen LogP contribution in [0.15, 0.2) is 28.1 Å². The van der Waals surface area contributed by atoms with Gasteiger partial charge in [-0.1, -0.05) is 0 Å². The van der Waals surface area contributed by atoms with E-state index in [1.807, 2.05) is 23.4 Å². The maximum absolute atomic E-state index is 13.0. The number of carbonyl (C=O) groups excluding carboxylic acids is 1. The van der Waals surface area contributed by atoms with E-state index >= 15 is 0 Å². The van der Waals surface area contributed by atoms with Crippen molar-refractivity contribution in [1.29, 1.82) is 0 Å². The lowest BCUT2D eigenvalue weighted by Crippen LogP contribution is -2.32. The molecule has 0 spiro atoms. The van der Waals surface area contributed by atoms with E-state index in [9.17, 15) is 15.0 Å². The van der Waals surface area contributed by atoms with Crippen LogP contribution >= 0.6 is 27.3 Å². The third-order valence-corrected chi connectivity index (χ3v) is 6.98. The summed E-state index contributed by atoms with van der Waals surface area (Å²) in [5, 5.41) is 22.9. The number of aromatic hydroxyl groups is 1. The van der Waals surface area contributed by atoms with Crippen molar-refractivity contribution in [3.8, 4) is 17.2 Å². The van der Waals surface area contributed by atoms with Crippen LogP contribution in [0, 0.1) is 0 Å². The van der Waals surface area contributed by atoms with Crippen LogP contribution in [0.5, 0.6) is 17.2 Å². The molecule has 0 bridgehead atoms. The van der Waals surface area contributed by atoms with Gasteiger partial charge in [-0.2, -0.15) is 0 Å². The van der Waals surface area contributed by atoms with E-state index in [-0.39, 0.29) is 41.4 Å². The number of carbonyl (C=O) groups is 1. The van der Waals surface area contributed by atoms with Crippen molar-refractivity contribution >= 4 is 39.1 Å². The third kappa shape index (κ3) is 4.35. The highest BCUT2D eigenvalue weighted by atomic mass is 79.9. The summed E-state index contributed by atoms with van der Waals surface area (Å²) in [4.78, 5) is 15.9. The zero-order valence-corrected chi connectivity index (χ0v) is 18.9. The molecule has 2 atom stereocenters. The molecular formula is C21H24BrNO5S. The van der Waals surface area contributed by atoms with Crippen LogP contribution in [0.3, 0.4) is 0 Å². The Balaban J connectivity index is 2.06. The Kier molecular flexibility index (Phi) is 7.00. The van der Waals surface area contributed by atoms with Gasteiger partial charge < -0.3 is 24.6 Å². The standard InChI is InChI=1S/C21H24BrNO5S/c1-23-7-6-14(15(23)10-24)19-17(27-2)9-18(28-3)20(21(19)26)16(25)5-4-13-8-12(22)11-29-13/h4-5,8-9,11,14-15,24,26H,6-7,10H2,1-3H3/b5-4+. The first-order valence-electron chi connectivity index (χ1n) is 9.16. The molecule has 2 N–H and O–H groups in total. The molecule has 2 aromatic rings. The van der Waals surface area contributed by atoms with Crippen LogP contribution in [0.2, 0.25) is 0 Å². The van der Waals surface area contributed by atoms with Crippen LogP contribution in [-0.4, -0.2) is 61.4 Å². The molecule has 2 unspecified atom stereocenters. The number of rotatable bonds is 7. The first-order chi connectivity index (χ1) is 13.9. The largest absolute Gasteiger partial charge is 0.507 e. The molecule has 1 aromatic heterocycles. The molecule has 1 saturated heterocycles. The molecule has 1 aliphatic heterocycles. The van der Waals surface area contributed by atoms with E-state index in [1.54, 1.807) is 12.1 Å². The third-order valence-electron chi connectivity index (χ3n) is 5.32. The van der Waals surface area contributed by atoms with E-state index in [0.717, 1.165) is 22.3 Å². The maximum Gasteiger partial charge on any atom is 0.193 e. The number of halogens is 1. The van der Waals surface area contributed by atoms with Crippen LogP contribution < -0.4 is 9.47 Å². The van der Waals surface area contributed by atoms with Gasteiger partial charge in [0, 0.05) is 38.3 Å². The number of ether oxygens (including phenoxy) is 2. The number of phenolic OH excluding ortho intramolecular Hbond substituents is 1.